The van der Waals surface area contributed by atoms with Crippen molar-refractivity contribution in [2.24, 2.45) is 0 Å². The zero-order chi connectivity index (χ0) is 9.68. The van der Waals surface area contributed by atoms with E-state index in [1.807, 2.05) is 6.07 Å². The lowest BCUT2D eigenvalue weighted by Gasteiger charge is -2.04. The van der Waals surface area contributed by atoms with E-state index < -0.39 is 5.82 Å². The van der Waals surface area contributed by atoms with Gasteiger partial charge in [0.2, 0.25) is 0 Å². The highest BCUT2D eigenvalue weighted by Crippen LogP contribution is 2.17. The molecule has 0 saturated heterocycles. The Hall–Kier alpha value is -1.27. The van der Waals surface area contributed by atoms with Crippen molar-refractivity contribution < 1.29 is 9.13 Å². The average Bonchev–Trinajstić information content (AvgIpc) is 2.16. The van der Waals surface area contributed by atoms with Crippen molar-refractivity contribution >= 4 is 11.6 Å². The number of alkyl halides is 1. The molecule has 0 N–H and O–H groups in total. The second-order valence-corrected chi connectivity index (χ2v) is 2.67. The van der Waals surface area contributed by atoms with E-state index in [1.54, 1.807) is 0 Å². The Kier molecular flexibility index (Phi) is 3.53. The Labute approximate surface area is 80.5 Å². The molecule has 1 aromatic carbocycles. The van der Waals surface area contributed by atoms with E-state index in [2.05, 4.69) is 0 Å². The predicted octanol–water partition coefficient (Wildman–Crippen LogP) is 2.31. The molecule has 0 amide bonds. The molecule has 0 fully saturated rings. The molecule has 0 saturated carbocycles. The first-order valence-corrected chi connectivity index (χ1v) is 4.20. The van der Waals surface area contributed by atoms with Gasteiger partial charge in [-0.2, -0.15) is 5.26 Å². The smallest absolute Gasteiger partial charge is 0.166 e. The van der Waals surface area contributed by atoms with Crippen LogP contribution in [0.15, 0.2) is 18.2 Å². The fraction of sp³-hybridized carbons (Fsp3) is 0.222. The van der Waals surface area contributed by atoms with Gasteiger partial charge in [-0.05, 0) is 18.2 Å². The first-order chi connectivity index (χ1) is 6.27. The van der Waals surface area contributed by atoms with Crippen molar-refractivity contribution in [2.45, 2.75) is 0 Å². The third-order valence-electron chi connectivity index (χ3n) is 1.40. The minimum Gasteiger partial charge on any atom is -0.489 e. The Bertz CT molecular complexity index is 335. The summed E-state index contributed by atoms with van der Waals surface area (Å²) in [5.74, 6) is -0.108. The molecular formula is C9H7ClFNO. The van der Waals surface area contributed by atoms with Crippen LogP contribution in [0.1, 0.15) is 5.56 Å². The van der Waals surface area contributed by atoms with Crippen LogP contribution in [0, 0.1) is 17.1 Å². The van der Waals surface area contributed by atoms with E-state index in [0.29, 0.717) is 5.88 Å². The van der Waals surface area contributed by atoms with Gasteiger partial charge in [-0.1, -0.05) is 0 Å². The van der Waals surface area contributed by atoms with Gasteiger partial charge in [0, 0.05) is 0 Å². The second kappa shape index (κ2) is 4.68. The summed E-state index contributed by atoms with van der Waals surface area (Å²) in [5, 5.41) is 8.45. The van der Waals surface area contributed by atoms with Crippen LogP contribution in [-0.2, 0) is 0 Å². The molecule has 0 bridgehead atoms. The highest BCUT2D eigenvalue weighted by molar-refractivity contribution is 6.17. The molecule has 68 valence electrons. The first-order valence-electron chi connectivity index (χ1n) is 3.66. The third-order valence-corrected chi connectivity index (χ3v) is 1.55. The van der Waals surface area contributed by atoms with E-state index in [9.17, 15) is 4.39 Å². The summed E-state index contributed by atoms with van der Waals surface area (Å²) in [6.45, 7) is 0.254. The van der Waals surface area contributed by atoms with Gasteiger partial charge in [-0.3, -0.25) is 0 Å². The van der Waals surface area contributed by atoms with Gasteiger partial charge in [0.15, 0.2) is 11.6 Å². The highest BCUT2D eigenvalue weighted by Gasteiger charge is 2.03. The SMILES string of the molecule is N#Cc1ccc(OCCCl)c(F)c1. The van der Waals surface area contributed by atoms with Crippen LogP contribution in [0.4, 0.5) is 4.39 Å². The lowest BCUT2D eigenvalue weighted by molar-refractivity contribution is 0.324. The molecule has 13 heavy (non-hydrogen) atoms. The Morgan fingerprint density at radius 1 is 1.54 bits per heavy atom. The maximum absolute atomic E-state index is 13.0. The van der Waals surface area contributed by atoms with Crippen LogP contribution in [0.25, 0.3) is 0 Å². The summed E-state index contributed by atoms with van der Waals surface area (Å²) < 4.78 is 18.0. The summed E-state index contributed by atoms with van der Waals surface area (Å²) in [5.41, 5.74) is 0.274. The van der Waals surface area contributed by atoms with Crippen LogP contribution in [-0.4, -0.2) is 12.5 Å². The topological polar surface area (TPSA) is 33.0 Å². The van der Waals surface area contributed by atoms with Crippen molar-refractivity contribution in [3.8, 4) is 11.8 Å². The Morgan fingerprint density at radius 2 is 2.31 bits per heavy atom. The number of hydrogen-bond acceptors (Lipinski definition) is 2. The van der Waals surface area contributed by atoms with Crippen LogP contribution in [0.3, 0.4) is 0 Å². The van der Waals surface area contributed by atoms with Gasteiger partial charge in [0.25, 0.3) is 0 Å². The normalized spacial score (nSPS) is 9.31. The lowest BCUT2D eigenvalue weighted by atomic mass is 10.2. The second-order valence-electron chi connectivity index (χ2n) is 2.29. The molecule has 2 nitrogen and oxygen atoms in total. The molecule has 0 unspecified atom stereocenters. The largest absolute Gasteiger partial charge is 0.489 e. The van der Waals surface area contributed by atoms with Gasteiger partial charge >= 0.3 is 0 Å². The van der Waals surface area contributed by atoms with Gasteiger partial charge in [0.05, 0.1) is 17.5 Å². The van der Waals surface area contributed by atoms with Crippen molar-refractivity contribution in [2.75, 3.05) is 12.5 Å². The predicted molar refractivity (Wildman–Crippen MR) is 47.3 cm³/mol. The molecular weight excluding hydrogens is 193 g/mol. The van der Waals surface area contributed by atoms with E-state index in [1.165, 1.54) is 12.1 Å². The van der Waals surface area contributed by atoms with E-state index in [4.69, 9.17) is 21.6 Å². The van der Waals surface area contributed by atoms with Crippen LogP contribution < -0.4 is 4.74 Å². The quantitative estimate of drug-likeness (QED) is 0.700. The Morgan fingerprint density at radius 3 is 2.85 bits per heavy atom. The molecule has 0 spiro atoms. The molecule has 0 aliphatic carbocycles. The molecule has 1 rings (SSSR count). The molecule has 1 aromatic rings. The molecule has 0 aromatic heterocycles. The molecule has 0 aliphatic heterocycles. The number of hydrogen-bond donors (Lipinski definition) is 0. The van der Waals surface area contributed by atoms with Gasteiger partial charge in [-0.25, -0.2) is 4.39 Å². The van der Waals surface area contributed by atoms with E-state index in [0.717, 1.165) is 6.07 Å². The summed E-state index contributed by atoms with van der Waals surface area (Å²) >= 11 is 5.36. The molecule has 0 aliphatic rings. The first kappa shape index (κ1) is 9.82. The minimum atomic E-state index is -0.538. The summed E-state index contributed by atoms with van der Waals surface area (Å²) in [4.78, 5) is 0. The molecule has 0 atom stereocenters. The number of rotatable bonds is 3. The van der Waals surface area contributed by atoms with Crippen LogP contribution in [0.5, 0.6) is 5.75 Å². The van der Waals surface area contributed by atoms with Crippen molar-refractivity contribution in [1.29, 1.82) is 5.26 Å². The summed E-state index contributed by atoms with van der Waals surface area (Å²) in [6, 6.07) is 5.87. The van der Waals surface area contributed by atoms with Crippen LogP contribution in [0.2, 0.25) is 0 Å². The molecule has 0 heterocycles. The molecule has 0 radical (unpaired) electrons. The van der Waals surface area contributed by atoms with Gasteiger partial charge in [-0.15, -0.1) is 11.6 Å². The maximum atomic E-state index is 13.0. The Balaban J connectivity index is 2.81. The fourth-order valence-corrected chi connectivity index (χ4v) is 0.913. The summed E-state index contributed by atoms with van der Waals surface area (Å²) in [7, 11) is 0. The number of nitriles is 1. The van der Waals surface area contributed by atoms with Crippen LogP contribution >= 0.6 is 11.6 Å². The van der Waals surface area contributed by atoms with E-state index in [-0.39, 0.29) is 17.9 Å². The maximum Gasteiger partial charge on any atom is 0.166 e. The van der Waals surface area contributed by atoms with Gasteiger partial charge in [0.1, 0.15) is 6.61 Å². The average molecular weight is 200 g/mol. The van der Waals surface area contributed by atoms with Crippen molar-refractivity contribution in [3.05, 3.63) is 29.6 Å². The standard InChI is InChI=1S/C9H7ClFNO/c10-3-4-13-9-2-1-7(6-12)5-8(9)11/h1-2,5H,3-4H2. The number of halogens is 2. The van der Waals surface area contributed by atoms with E-state index >= 15 is 0 Å². The zero-order valence-corrected chi connectivity index (χ0v) is 7.51. The lowest BCUT2D eigenvalue weighted by Crippen LogP contribution is -2.00. The third kappa shape index (κ3) is 2.60. The van der Waals surface area contributed by atoms with Crippen molar-refractivity contribution in [1.82, 2.24) is 0 Å². The monoisotopic (exact) mass is 199 g/mol. The number of nitrogens with zero attached hydrogens (tertiary/aromatic N) is 1. The number of ether oxygens (including phenoxy) is 1. The van der Waals surface area contributed by atoms with Gasteiger partial charge < -0.3 is 4.74 Å². The number of benzene rings is 1. The summed E-state index contributed by atoms with van der Waals surface area (Å²) in [6.07, 6.45) is 0. The molecule has 4 heteroatoms. The fourth-order valence-electron chi connectivity index (χ4n) is 0.836. The highest BCUT2D eigenvalue weighted by atomic mass is 35.5. The zero-order valence-electron chi connectivity index (χ0n) is 6.76. The van der Waals surface area contributed by atoms with Crippen molar-refractivity contribution in [3.63, 3.8) is 0 Å². The minimum absolute atomic E-state index is 0.125.